The van der Waals surface area contributed by atoms with Gasteiger partial charge in [0.15, 0.2) is 0 Å². The van der Waals surface area contributed by atoms with Crippen LogP contribution in [0.25, 0.3) is 0 Å². The van der Waals surface area contributed by atoms with Gasteiger partial charge in [0.05, 0.1) is 0 Å². The zero-order chi connectivity index (χ0) is 12.5. The lowest BCUT2D eigenvalue weighted by Crippen LogP contribution is -2.30. The summed E-state index contributed by atoms with van der Waals surface area (Å²) in [6.45, 7) is 5.23. The molecule has 2 atom stereocenters. The Morgan fingerprint density at radius 3 is 2.53 bits per heavy atom. The molecular weight excluding hydrogens is 212 g/mol. The molecule has 0 amide bonds. The van der Waals surface area contributed by atoms with Crippen molar-refractivity contribution in [2.45, 2.75) is 58.2 Å². The quantitative estimate of drug-likeness (QED) is 0.598. The number of hydrogen-bond acceptors (Lipinski definition) is 2. The van der Waals surface area contributed by atoms with E-state index in [2.05, 4.69) is 32.1 Å². The van der Waals surface area contributed by atoms with Crippen molar-refractivity contribution in [2.24, 2.45) is 0 Å². The van der Waals surface area contributed by atoms with E-state index < -0.39 is 0 Å². The molecule has 0 N–H and O–H groups in total. The Balaban J connectivity index is 2.49. The molecule has 0 radical (unpaired) electrons. The maximum Gasteiger partial charge on any atom is 0.106 e. The van der Waals surface area contributed by atoms with Crippen molar-refractivity contribution in [3.05, 3.63) is 23.8 Å². The lowest BCUT2D eigenvalue weighted by atomic mass is 9.98. The second kappa shape index (κ2) is 8.48. The van der Waals surface area contributed by atoms with Crippen molar-refractivity contribution in [3.8, 4) is 0 Å². The zero-order valence-electron chi connectivity index (χ0n) is 11.4. The first-order valence-electron chi connectivity index (χ1n) is 6.85. The molecule has 0 aromatic carbocycles. The monoisotopic (exact) mass is 238 g/mol. The summed E-state index contributed by atoms with van der Waals surface area (Å²) < 4.78 is 11.3. The third kappa shape index (κ3) is 5.05. The van der Waals surface area contributed by atoms with Crippen LogP contribution in [0.15, 0.2) is 23.8 Å². The molecule has 2 unspecified atom stereocenters. The minimum Gasteiger partial charge on any atom is -0.374 e. The number of allylic oxidation sites excluding steroid dienone is 2. The van der Waals surface area contributed by atoms with Crippen molar-refractivity contribution < 1.29 is 9.47 Å². The van der Waals surface area contributed by atoms with Crippen LogP contribution < -0.4 is 0 Å². The summed E-state index contributed by atoms with van der Waals surface area (Å²) in [5.74, 6) is 0. The van der Waals surface area contributed by atoms with Crippen molar-refractivity contribution >= 4 is 0 Å². The van der Waals surface area contributed by atoms with Crippen LogP contribution in [0.5, 0.6) is 0 Å². The Kier molecular flexibility index (Phi) is 7.22. The molecule has 98 valence electrons. The average Bonchev–Trinajstić information content (AvgIpc) is 2.37. The normalized spacial score (nSPS) is 23.8. The summed E-state index contributed by atoms with van der Waals surface area (Å²) in [6, 6.07) is 0. The molecule has 0 aromatic rings. The van der Waals surface area contributed by atoms with Crippen molar-refractivity contribution in [1.82, 2.24) is 0 Å². The van der Waals surface area contributed by atoms with Gasteiger partial charge < -0.3 is 9.47 Å². The van der Waals surface area contributed by atoms with Gasteiger partial charge in [-0.25, -0.2) is 0 Å². The van der Waals surface area contributed by atoms with Gasteiger partial charge in [0.25, 0.3) is 0 Å². The van der Waals surface area contributed by atoms with Gasteiger partial charge in [-0.05, 0) is 30.9 Å². The van der Waals surface area contributed by atoms with Crippen LogP contribution in [-0.2, 0) is 9.47 Å². The molecular formula is C15H26O2. The summed E-state index contributed by atoms with van der Waals surface area (Å²) in [7, 11) is 1.75. The number of rotatable bonds is 8. The first-order valence-corrected chi connectivity index (χ1v) is 6.85. The van der Waals surface area contributed by atoms with Crippen LogP contribution in [0, 0.1) is 0 Å². The summed E-state index contributed by atoms with van der Waals surface area (Å²) in [5, 5.41) is 0. The molecule has 2 nitrogen and oxygen atoms in total. The van der Waals surface area contributed by atoms with Crippen molar-refractivity contribution in [2.75, 3.05) is 13.7 Å². The largest absolute Gasteiger partial charge is 0.374 e. The second-order valence-corrected chi connectivity index (χ2v) is 4.59. The molecule has 17 heavy (non-hydrogen) atoms. The van der Waals surface area contributed by atoms with E-state index in [0.717, 1.165) is 19.4 Å². The average molecular weight is 238 g/mol. The second-order valence-electron chi connectivity index (χ2n) is 4.59. The lowest BCUT2D eigenvalue weighted by molar-refractivity contribution is -0.0121. The van der Waals surface area contributed by atoms with Crippen molar-refractivity contribution in [1.29, 1.82) is 0 Å². The van der Waals surface area contributed by atoms with Crippen LogP contribution in [0.4, 0.5) is 0 Å². The van der Waals surface area contributed by atoms with E-state index in [-0.39, 0.29) is 12.2 Å². The Labute approximate surface area is 106 Å². The van der Waals surface area contributed by atoms with E-state index >= 15 is 0 Å². The van der Waals surface area contributed by atoms with E-state index in [1.165, 1.54) is 24.8 Å². The summed E-state index contributed by atoms with van der Waals surface area (Å²) in [4.78, 5) is 0. The van der Waals surface area contributed by atoms with Gasteiger partial charge in [-0.1, -0.05) is 38.8 Å². The summed E-state index contributed by atoms with van der Waals surface area (Å²) >= 11 is 0. The summed E-state index contributed by atoms with van der Waals surface area (Å²) in [5.41, 5.74) is 1.39. The molecule has 1 aliphatic rings. The molecule has 0 bridgehead atoms. The first kappa shape index (κ1) is 14.5. The Bertz CT molecular complexity index is 256. The topological polar surface area (TPSA) is 18.5 Å². The van der Waals surface area contributed by atoms with Gasteiger partial charge in [0.2, 0.25) is 0 Å². The number of methoxy groups -OCH3 is 1. The fourth-order valence-corrected chi connectivity index (χ4v) is 1.96. The van der Waals surface area contributed by atoms with Gasteiger partial charge in [-0.3, -0.25) is 0 Å². The molecule has 0 aromatic heterocycles. The van der Waals surface area contributed by atoms with E-state index in [4.69, 9.17) is 9.47 Å². The molecule has 0 spiro atoms. The number of ether oxygens (including phenoxy) is 2. The van der Waals surface area contributed by atoms with Crippen LogP contribution in [0.1, 0.15) is 46.0 Å². The van der Waals surface area contributed by atoms with E-state index in [9.17, 15) is 0 Å². The van der Waals surface area contributed by atoms with Gasteiger partial charge in [-0.2, -0.15) is 0 Å². The molecule has 0 saturated carbocycles. The Morgan fingerprint density at radius 1 is 1.12 bits per heavy atom. The van der Waals surface area contributed by atoms with E-state index in [1.807, 2.05) is 0 Å². The highest BCUT2D eigenvalue weighted by Crippen LogP contribution is 2.20. The molecule has 0 fully saturated rings. The molecule has 1 aliphatic carbocycles. The van der Waals surface area contributed by atoms with Gasteiger partial charge >= 0.3 is 0 Å². The van der Waals surface area contributed by atoms with Crippen LogP contribution in [-0.4, -0.2) is 25.9 Å². The van der Waals surface area contributed by atoms with Gasteiger partial charge in [0, 0.05) is 13.7 Å². The third-order valence-corrected chi connectivity index (χ3v) is 3.10. The third-order valence-electron chi connectivity index (χ3n) is 3.10. The minimum absolute atomic E-state index is 0.0808. The maximum absolute atomic E-state index is 5.88. The molecule has 0 heterocycles. The minimum atomic E-state index is 0.0808. The molecule has 0 saturated heterocycles. The predicted molar refractivity (Wildman–Crippen MR) is 72.2 cm³/mol. The maximum atomic E-state index is 5.88. The van der Waals surface area contributed by atoms with E-state index in [0.29, 0.717) is 0 Å². The molecule has 1 rings (SSSR count). The molecule has 0 aliphatic heterocycles. The Morgan fingerprint density at radius 2 is 1.88 bits per heavy atom. The van der Waals surface area contributed by atoms with Crippen molar-refractivity contribution in [3.63, 3.8) is 0 Å². The first-order chi connectivity index (χ1) is 8.31. The standard InChI is InChI=1S/C15H26O2/c1-4-6-8-13-9-10-14(16-3)15(12-13)17-11-7-5-2/h9-10,12,14-15H,4-8,11H2,1-3H3. The number of unbranched alkanes of at least 4 members (excludes halogenated alkanes) is 2. The van der Waals surface area contributed by atoms with Crippen LogP contribution in [0.3, 0.4) is 0 Å². The van der Waals surface area contributed by atoms with Gasteiger partial charge in [0.1, 0.15) is 12.2 Å². The predicted octanol–water partition coefficient (Wildman–Crippen LogP) is 3.87. The smallest absolute Gasteiger partial charge is 0.106 e. The fraction of sp³-hybridized carbons (Fsp3) is 0.733. The van der Waals surface area contributed by atoms with Crippen LogP contribution >= 0.6 is 0 Å². The molecule has 2 heteroatoms. The highest BCUT2D eigenvalue weighted by Gasteiger charge is 2.20. The zero-order valence-corrected chi connectivity index (χ0v) is 11.4. The van der Waals surface area contributed by atoms with Crippen LogP contribution in [0.2, 0.25) is 0 Å². The fourth-order valence-electron chi connectivity index (χ4n) is 1.96. The van der Waals surface area contributed by atoms with E-state index in [1.54, 1.807) is 7.11 Å². The number of hydrogen-bond donors (Lipinski definition) is 0. The lowest BCUT2D eigenvalue weighted by Gasteiger charge is -2.25. The SMILES string of the molecule is CCCCOC1C=C(CCCC)C=CC1OC. The highest BCUT2D eigenvalue weighted by molar-refractivity contribution is 5.27. The highest BCUT2D eigenvalue weighted by atomic mass is 16.5. The van der Waals surface area contributed by atoms with Gasteiger partial charge in [-0.15, -0.1) is 0 Å². The Hall–Kier alpha value is -0.600. The summed E-state index contributed by atoms with van der Waals surface area (Å²) in [6.07, 6.45) is 12.7.